The van der Waals surface area contributed by atoms with E-state index in [0.717, 1.165) is 31.2 Å². The van der Waals surface area contributed by atoms with Crippen molar-refractivity contribution < 1.29 is 17.9 Å². The monoisotopic (exact) mass is 352 g/mol. The molecule has 7 heteroatoms. The molecule has 1 aliphatic carbocycles. The molecule has 1 atom stereocenters. The number of carbonyl (C=O) groups excluding carboxylic acids is 1. The number of amides is 1. The summed E-state index contributed by atoms with van der Waals surface area (Å²) >= 11 is 0. The number of morpholine rings is 1. The van der Waals surface area contributed by atoms with Gasteiger partial charge in [-0.25, -0.2) is 8.42 Å². The highest BCUT2D eigenvalue weighted by Gasteiger charge is 2.27. The number of benzene rings is 1. The molecule has 0 unspecified atom stereocenters. The van der Waals surface area contributed by atoms with Gasteiger partial charge in [0.1, 0.15) is 0 Å². The van der Waals surface area contributed by atoms with E-state index >= 15 is 0 Å². The molecule has 0 radical (unpaired) electrons. The summed E-state index contributed by atoms with van der Waals surface area (Å²) in [7, 11) is -3.71. The van der Waals surface area contributed by atoms with Gasteiger partial charge in [0.05, 0.1) is 24.2 Å². The van der Waals surface area contributed by atoms with E-state index in [0.29, 0.717) is 26.3 Å². The molecule has 1 saturated heterocycles. The molecule has 1 heterocycles. The molecule has 0 spiro atoms. The van der Waals surface area contributed by atoms with Crippen molar-refractivity contribution in [3.8, 4) is 0 Å². The number of fused-ring (bicyclic) bond motifs is 1. The Kier molecular flexibility index (Phi) is 5.22. The zero-order valence-electron chi connectivity index (χ0n) is 14.0. The number of rotatable bonds is 4. The first-order valence-electron chi connectivity index (χ1n) is 8.48. The van der Waals surface area contributed by atoms with Crippen molar-refractivity contribution >= 4 is 15.9 Å². The molecular formula is C17H24N2O4S. The van der Waals surface area contributed by atoms with Crippen LogP contribution < -0.4 is 4.72 Å². The Morgan fingerprint density at radius 2 is 1.83 bits per heavy atom. The minimum atomic E-state index is -3.71. The minimum absolute atomic E-state index is 0.208. The van der Waals surface area contributed by atoms with Crippen LogP contribution in [0.3, 0.4) is 0 Å². The normalized spacial score (nSPS) is 19.6. The first-order chi connectivity index (χ1) is 11.5. The Morgan fingerprint density at radius 3 is 2.54 bits per heavy atom. The Hall–Kier alpha value is -1.44. The van der Waals surface area contributed by atoms with E-state index in [1.54, 1.807) is 24.0 Å². The lowest BCUT2D eigenvalue weighted by molar-refractivity contribution is -0.136. The summed E-state index contributed by atoms with van der Waals surface area (Å²) in [5.74, 6) is -0.208. The van der Waals surface area contributed by atoms with Crippen molar-refractivity contribution in [1.82, 2.24) is 9.62 Å². The van der Waals surface area contributed by atoms with E-state index in [-0.39, 0.29) is 10.8 Å². The van der Waals surface area contributed by atoms with Crippen molar-refractivity contribution in [1.29, 1.82) is 0 Å². The number of nitrogens with one attached hydrogen (secondary N) is 1. The summed E-state index contributed by atoms with van der Waals surface area (Å²) in [6.07, 6.45) is 4.17. The van der Waals surface area contributed by atoms with E-state index in [1.807, 2.05) is 6.07 Å². The van der Waals surface area contributed by atoms with Crippen LogP contribution in [-0.2, 0) is 32.4 Å². The minimum Gasteiger partial charge on any atom is -0.378 e. The molecule has 1 aromatic rings. The maximum Gasteiger partial charge on any atom is 0.241 e. The Balaban J connectivity index is 1.72. The zero-order valence-corrected chi connectivity index (χ0v) is 14.8. The maximum atomic E-state index is 12.6. The number of hydrogen-bond donors (Lipinski definition) is 1. The van der Waals surface area contributed by atoms with E-state index < -0.39 is 16.1 Å². The number of hydrogen-bond acceptors (Lipinski definition) is 4. The fourth-order valence-corrected chi connectivity index (χ4v) is 4.53. The highest BCUT2D eigenvalue weighted by atomic mass is 32.2. The molecule has 24 heavy (non-hydrogen) atoms. The van der Waals surface area contributed by atoms with Gasteiger partial charge in [-0.3, -0.25) is 4.79 Å². The van der Waals surface area contributed by atoms with Gasteiger partial charge in [-0.1, -0.05) is 6.07 Å². The Labute approximate surface area is 143 Å². The fraction of sp³-hybridized carbons (Fsp3) is 0.588. The van der Waals surface area contributed by atoms with Crippen molar-refractivity contribution in [3.05, 3.63) is 29.3 Å². The van der Waals surface area contributed by atoms with Crippen molar-refractivity contribution in [2.75, 3.05) is 26.3 Å². The third-order valence-electron chi connectivity index (χ3n) is 4.66. The highest BCUT2D eigenvalue weighted by molar-refractivity contribution is 7.89. The van der Waals surface area contributed by atoms with Crippen LogP contribution in [0.25, 0.3) is 0 Å². The van der Waals surface area contributed by atoms with Gasteiger partial charge in [0.15, 0.2) is 0 Å². The molecule has 1 aliphatic heterocycles. The van der Waals surface area contributed by atoms with Crippen LogP contribution in [-0.4, -0.2) is 51.6 Å². The molecule has 3 rings (SSSR count). The lowest BCUT2D eigenvalue weighted by atomic mass is 9.92. The quantitative estimate of drug-likeness (QED) is 0.880. The van der Waals surface area contributed by atoms with Gasteiger partial charge in [-0.15, -0.1) is 0 Å². The Morgan fingerprint density at radius 1 is 1.17 bits per heavy atom. The topological polar surface area (TPSA) is 75.7 Å². The van der Waals surface area contributed by atoms with Crippen LogP contribution in [0.2, 0.25) is 0 Å². The number of sulfonamides is 1. The van der Waals surface area contributed by atoms with Gasteiger partial charge < -0.3 is 9.64 Å². The number of ether oxygens (including phenoxy) is 1. The van der Waals surface area contributed by atoms with Crippen LogP contribution in [0.15, 0.2) is 23.1 Å². The zero-order chi connectivity index (χ0) is 17.2. The summed E-state index contributed by atoms with van der Waals surface area (Å²) in [6.45, 7) is 3.59. The molecule has 6 nitrogen and oxygen atoms in total. The van der Waals surface area contributed by atoms with Crippen molar-refractivity contribution in [2.24, 2.45) is 0 Å². The number of carbonyl (C=O) groups is 1. The molecule has 1 amide bonds. The molecule has 2 aliphatic rings. The standard InChI is InChI=1S/C17H24N2O4S/c1-13(17(20)19-8-10-23-11-9-19)18-24(21,22)16-7-6-14-4-2-3-5-15(14)12-16/h6-7,12-13,18H,2-5,8-11H2,1H3/t13-/m1/s1. The van der Waals surface area contributed by atoms with Crippen LogP contribution >= 0.6 is 0 Å². The molecular weight excluding hydrogens is 328 g/mol. The number of nitrogens with zero attached hydrogens (tertiary/aromatic N) is 1. The predicted molar refractivity (Wildman–Crippen MR) is 90.3 cm³/mol. The van der Waals surface area contributed by atoms with Crippen LogP contribution in [0.1, 0.15) is 30.9 Å². The van der Waals surface area contributed by atoms with E-state index in [1.165, 1.54) is 5.56 Å². The smallest absolute Gasteiger partial charge is 0.241 e. The first kappa shape index (κ1) is 17.4. The molecule has 0 bridgehead atoms. The van der Waals surface area contributed by atoms with Crippen LogP contribution in [0.5, 0.6) is 0 Å². The van der Waals surface area contributed by atoms with Gasteiger partial charge in [0.25, 0.3) is 0 Å². The predicted octanol–water partition coefficient (Wildman–Crippen LogP) is 1.09. The number of aryl methyl sites for hydroxylation is 2. The summed E-state index contributed by atoms with van der Waals surface area (Å²) in [4.78, 5) is 14.3. The third kappa shape index (κ3) is 3.79. The van der Waals surface area contributed by atoms with E-state index in [2.05, 4.69) is 4.72 Å². The van der Waals surface area contributed by atoms with Crippen molar-refractivity contribution in [3.63, 3.8) is 0 Å². The van der Waals surface area contributed by atoms with Gasteiger partial charge in [0.2, 0.25) is 15.9 Å². The molecule has 1 aromatic carbocycles. The second-order valence-corrected chi connectivity index (χ2v) is 8.13. The van der Waals surface area contributed by atoms with Gasteiger partial charge >= 0.3 is 0 Å². The lowest BCUT2D eigenvalue weighted by Crippen LogP contribution is -2.50. The fourth-order valence-electron chi connectivity index (χ4n) is 3.29. The summed E-state index contributed by atoms with van der Waals surface area (Å²) in [6, 6.07) is 4.50. The van der Waals surface area contributed by atoms with E-state index in [9.17, 15) is 13.2 Å². The molecule has 1 N–H and O–H groups in total. The molecule has 1 fully saturated rings. The highest BCUT2D eigenvalue weighted by Crippen LogP contribution is 2.24. The van der Waals surface area contributed by atoms with Gasteiger partial charge in [-0.2, -0.15) is 4.72 Å². The molecule has 0 saturated carbocycles. The largest absolute Gasteiger partial charge is 0.378 e. The average molecular weight is 352 g/mol. The second kappa shape index (κ2) is 7.21. The third-order valence-corrected chi connectivity index (χ3v) is 6.19. The first-order valence-corrected chi connectivity index (χ1v) is 9.96. The van der Waals surface area contributed by atoms with Gasteiger partial charge in [0, 0.05) is 13.1 Å². The summed E-state index contributed by atoms with van der Waals surface area (Å²) in [5, 5.41) is 0. The summed E-state index contributed by atoms with van der Waals surface area (Å²) in [5.41, 5.74) is 2.34. The summed E-state index contributed by atoms with van der Waals surface area (Å²) < 4.78 is 33.0. The second-order valence-electron chi connectivity index (χ2n) is 6.42. The van der Waals surface area contributed by atoms with Gasteiger partial charge in [-0.05, 0) is 55.9 Å². The molecule has 132 valence electrons. The Bertz CT molecular complexity index is 711. The van der Waals surface area contributed by atoms with Crippen LogP contribution in [0, 0.1) is 0 Å². The lowest BCUT2D eigenvalue weighted by Gasteiger charge is -2.29. The van der Waals surface area contributed by atoms with E-state index in [4.69, 9.17) is 4.74 Å². The SMILES string of the molecule is C[C@@H](NS(=O)(=O)c1ccc2c(c1)CCCC2)C(=O)N1CCOCC1. The maximum absolute atomic E-state index is 12.6. The van der Waals surface area contributed by atoms with Crippen molar-refractivity contribution in [2.45, 2.75) is 43.5 Å². The average Bonchev–Trinajstić information content (AvgIpc) is 2.61. The van der Waals surface area contributed by atoms with Crippen LogP contribution in [0.4, 0.5) is 0 Å². The molecule has 0 aromatic heterocycles.